The van der Waals surface area contributed by atoms with Gasteiger partial charge in [0.15, 0.2) is 5.67 Å². The summed E-state index contributed by atoms with van der Waals surface area (Å²) in [5, 5.41) is 0. The highest BCUT2D eigenvalue weighted by Gasteiger charge is 2.56. The third-order valence-corrected chi connectivity index (χ3v) is 9.00. The van der Waals surface area contributed by atoms with E-state index in [-0.39, 0.29) is 30.6 Å². The average Bonchev–Trinajstić information content (AvgIpc) is 2.71. The van der Waals surface area contributed by atoms with Gasteiger partial charge in [-0.1, -0.05) is 48.5 Å². The summed E-state index contributed by atoms with van der Waals surface area (Å²) in [6.45, 7) is 15.4. The van der Waals surface area contributed by atoms with Crippen LogP contribution < -0.4 is 0 Å². The second-order valence-corrected chi connectivity index (χ2v) is 12.3. The zero-order valence-corrected chi connectivity index (χ0v) is 22.5. The summed E-state index contributed by atoms with van der Waals surface area (Å²) in [6, 6.07) is 0. The molecule has 0 aliphatic heterocycles. The number of hydrogen-bond donors (Lipinski definition) is 0. The molecule has 0 aromatic heterocycles. The minimum absolute atomic E-state index is 0.0266. The van der Waals surface area contributed by atoms with E-state index in [2.05, 4.69) is 13.8 Å². The van der Waals surface area contributed by atoms with Crippen LogP contribution >= 0.6 is 0 Å². The highest BCUT2D eigenvalue weighted by Crippen LogP contribution is 2.48. The van der Waals surface area contributed by atoms with Crippen LogP contribution in [0.25, 0.3) is 0 Å². The number of alkyl halides is 7. The Bertz CT molecular complexity index is 542. The van der Waals surface area contributed by atoms with E-state index in [1.54, 1.807) is 27.7 Å². The first-order chi connectivity index (χ1) is 15.2. The molecule has 3 aliphatic carbocycles. The zero-order valence-electron chi connectivity index (χ0n) is 22.5. The van der Waals surface area contributed by atoms with Gasteiger partial charge in [0.25, 0.3) is 5.92 Å². The molecule has 3 saturated carbocycles. The van der Waals surface area contributed by atoms with Crippen LogP contribution in [-0.4, -0.2) is 35.8 Å². The summed E-state index contributed by atoms with van der Waals surface area (Å²) in [4.78, 5) is 0. The zero-order chi connectivity index (χ0) is 26.8. The second kappa shape index (κ2) is 11.7. The molecule has 0 saturated heterocycles. The van der Waals surface area contributed by atoms with Gasteiger partial charge in [-0.15, -0.1) is 0 Å². The van der Waals surface area contributed by atoms with E-state index in [1.165, 1.54) is 6.92 Å². The summed E-state index contributed by atoms with van der Waals surface area (Å²) in [5.41, 5.74) is -3.18. The van der Waals surface area contributed by atoms with Crippen molar-refractivity contribution in [3.05, 3.63) is 0 Å². The molecular weight excluding hydrogens is 457 g/mol. The van der Waals surface area contributed by atoms with E-state index in [0.29, 0.717) is 5.92 Å². The SMILES string of the molecule is CC1C(F)C(F)[C@@H](C)[C@@H](C)C1F.C[C@@H]1CC(F)(F)C(C)(F)C[C@@H]1C.C[C@@H]1CCC(C)(F)C[C@@H]1C. The van der Waals surface area contributed by atoms with Crippen LogP contribution in [0, 0.1) is 41.4 Å². The maximum Gasteiger partial charge on any atom is 0.281 e. The van der Waals surface area contributed by atoms with Crippen LogP contribution in [0.4, 0.5) is 30.7 Å². The number of rotatable bonds is 0. The molecule has 0 radical (unpaired) electrons. The van der Waals surface area contributed by atoms with Gasteiger partial charge in [-0.3, -0.25) is 0 Å². The van der Waals surface area contributed by atoms with Crippen molar-refractivity contribution < 1.29 is 30.7 Å². The molecule has 3 aliphatic rings. The fourth-order valence-electron chi connectivity index (χ4n) is 5.38. The summed E-state index contributed by atoms with van der Waals surface area (Å²) < 4.78 is 92.1. The first kappa shape index (κ1) is 31.5. The van der Waals surface area contributed by atoms with Crippen molar-refractivity contribution in [2.75, 3.05) is 0 Å². The standard InChI is InChI=1S/2C9H15F3.C9H17F/c1-6-4-8(3,10)9(11,12)5-7(6)2;1-4-5(2)8(11)9(12)6(3)7(4)10;1-7-4-5-9(3,10)6-8(7)2/h6-7H,4-5H2,1-3H3;4-9H,1-3H3;7-8H,4-6H2,1-3H3/t6-,7+,8?;4-,5+,6?,7?,8?,9?;7-,8+,9?/m011/s1. The highest BCUT2D eigenvalue weighted by molar-refractivity contribution is 4.97. The highest BCUT2D eigenvalue weighted by atomic mass is 19.3. The smallest absolute Gasteiger partial charge is 0.247 e. The maximum atomic E-state index is 13.3. The molecule has 0 nitrogen and oxygen atoms in total. The topological polar surface area (TPSA) is 0 Å². The van der Waals surface area contributed by atoms with Crippen molar-refractivity contribution >= 4 is 0 Å². The Morgan fingerprint density at radius 1 is 0.529 bits per heavy atom. The number of halogens is 7. The van der Waals surface area contributed by atoms with Gasteiger partial charge in [-0.25, -0.2) is 30.7 Å². The summed E-state index contributed by atoms with van der Waals surface area (Å²) >= 11 is 0. The Hall–Kier alpha value is -0.490. The Morgan fingerprint density at radius 2 is 0.941 bits per heavy atom. The predicted molar refractivity (Wildman–Crippen MR) is 126 cm³/mol. The predicted octanol–water partition coefficient (Wildman–Crippen LogP) is 9.51. The minimum Gasteiger partial charge on any atom is -0.247 e. The fourth-order valence-corrected chi connectivity index (χ4v) is 5.38. The normalized spacial score (nSPS) is 50.8. The maximum absolute atomic E-state index is 13.3. The van der Waals surface area contributed by atoms with Crippen LogP contribution in [0.1, 0.15) is 94.4 Å². The van der Waals surface area contributed by atoms with Crippen LogP contribution in [0.2, 0.25) is 0 Å². The molecule has 34 heavy (non-hydrogen) atoms. The molecule has 3 rings (SSSR count). The van der Waals surface area contributed by atoms with E-state index < -0.39 is 47.6 Å². The van der Waals surface area contributed by atoms with Crippen molar-refractivity contribution in [2.45, 2.75) is 130 Å². The van der Waals surface area contributed by atoms with E-state index in [4.69, 9.17) is 0 Å². The van der Waals surface area contributed by atoms with Gasteiger partial charge in [0.2, 0.25) is 0 Å². The van der Waals surface area contributed by atoms with Gasteiger partial charge in [-0.05, 0) is 75.0 Å². The lowest BCUT2D eigenvalue weighted by atomic mass is 9.72. The third kappa shape index (κ3) is 7.75. The molecular formula is C27H47F7. The van der Waals surface area contributed by atoms with Crippen molar-refractivity contribution in [1.29, 1.82) is 0 Å². The van der Waals surface area contributed by atoms with Crippen LogP contribution in [0.5, 0.6) is 0 Å². The Morgan fingerprint density at radius 3 is 1.38 bits per heavy atom. The molecule has 0 bridgehead atoms. The van der Waals surface area contributed by atoms with Gasteiger partial charge < -0.3 is 0 Å². The molecule has 0 aromatic rings. The van der Waals surface area contributed by atoms with Crippen molar-refractivity contribution in [1.82, 2.24) is 0 Å². The Labute approximate surface area is 202 Å². The van der Waals surface area contributed by atoms with Crippen molar-refractivity contribution in [3.63, 3.8) is 0 Å². The lowest BCUT2D eigenvalue weighted by Gasteiger charge is -2.41. The Kier molecular flexibility index (Phi) is 10.9. The molecule has 0 heterocycles. The molecule has 0 spiro atoms. The van der Waals surface area contributed by atoms with Gasteiger partial charge in [0.1, 0.15) is 24.2 Å². The lowest BCUT2D eigenvalue weighted by Crippen LogP contribution is -2.49. The molecule has 0 aromatic carbocycles. The van der Waals surface area contributed by atoms with Crippen LogP contribution in [-0.2, 0) is 0 Å². The number of hydrogen-bond acceptors (Lipinski definition) is 0. The molecule has 7 heteroatoms. The van der Waals surface area contributed by atoms with Crippen LogP contribution in [0.3, 0.4) is 0 Å². The first-order valence-electron chi connectivity index (χ1n) is 12.9. The summed E-state index contributed by atoms with van der Waals surface area (Å²) in [6.07, 6.45) is -2.10. The molecule has 0 amide bonds. The van der Waals surface area contributed by atoms with E-state index >= 15 is 0 Å². The van der Waals surface area contributed by atoms with Gasteiger partial charge in [0.05, 0.1) is 0 Å². The molecule has 3 fully saturated rings. The van der Waals surface area contributed by atoms with Gasteiger partial charge >= 0.3 is 0 Å². The molecule has 6 unspecified atom stereocenters. The summed E-state index contributed by atoms with van der Waals surface area (Å²) in [7, 11) is 0. The molecule has 0 N–H and O–H groups in total. The van der Waals surface area contributed by atoms with Crippen LogP contribution in [0.15, 0.2) is 0 Å². The van der Waals surface area contributed by atoms with Gasteiger partial charge in [0, 0.05) is 12.3 Å². The average molecular weight is 505 g/mol. The Balaban J connectivity index is 0.000000256. The second-order valence-electron chi connectivity index (χ2n) is 12.3. The molecule has 204 valence electrons. The van der Waals surface area contributed by atoms with E-state index in [1.807, 2.05) is 6.92 Å². The van der Waals surface area contributed by atoms with E-state index in [0.717, 1.165) is 32.1 Å². The molecule has 12 atom stereocenters. The van der Waals surface area contributed by atoms with Crippen molar-refractivity contribution in [3.8, 4) is 0 Å². The minimum atomic E-state index is -3.14. The monoisotopic (exact) mass is 504 g/mol. The third-order valence-electron chi connectivity index (χ3n) is 9.00. The first-order valence-corrected chi connectivity index (χ1v) is 12.9. The van der Waals surface area contributed by atoms with Gasteiger partial charge in [-0.2, -0.15) is 0 Å². The van der Waals surface area contributed by atoms with E-state index in [9.17, 15) is 30.7 Å². The lowest BCUT2D eigenvalue weighted by molar-refractivity contribution is -0.175. The summed E-state index contributed by atoms with van der Waals surface area (Å²) in [5.74, 6) is -3.55. The van der Waals surface area contributed by atoms with Crippen molar-refractivity contribution in [2.24, 2.45) is 41.4 Å². The fraction of sp³-hybridized carbons (Fsp3) is 1.00. The quantitative estimate of drug-likeness (QED) is 0.288. The largest absolute Gasteiger partial charge is 0.281 e.